The Labute approximate surface area is 151 Å². The topological polar surface area (TPSA) is 55.4 Å². The average Bonchev–Trinajstić information content (AvgIpc) is 2.48. The first-order chi connectivity index (χ1) is 11.2. The summed E-state index contributed by atoms with van der Waals surface area (Å²) < 4.78 is 19.1. The second-order valence-electron chi connectivity index (χ2n) is 5.86. The van der Waals surface area contributed by atoms with Crippen molar-refractivity contribution in [1.82, 2.24) is 0 Å². The number of halogens is 2. The molecule has 1 unspecified atom stereocenters. The summed E-state index contributed by atoms with van der Waals surface area (Å²) in [6.07, 6.45) is 1.41. The highest BCUT2D eigenvalue weighted by molar-refractivity contribution is 8.00. The molecule has 0 aliphatic heterocycles. The zero-order chi connectivity index (χ0) is 18.3. The van der Waals surface area contributed by atoms with E-state index in [1.54, 1.807) is 0 Å². The lowest BCUT2D eigenvalue weighted by atomic mass is 10.2. The van der Waals surface area contributed by atoms with E-state index in [-0.39, 0.29) is 28.5 Å². The smallest absolute Gasteiger partial charge is 0.319 e. The van der Waals surface area contributed by atoms with Crippen LogP contribution in [0.5, 0.6) is 0 Å². The van der Waals surface area contributed by atoms with Gasteiger partial charge in [-0.05, 0) is 24.5 Å². The van der Waals surface area contributed by atoms with Gasteiger partial charge in [-0.15, -0.1) is 11.8 Å². The van der Waals surface area contributed by atoms with Gasteiger partial charge in [0.05, 0.1) is 17.3 Å². The van der Waals surface area contributed by atoms with Gasteiger partial charge in [0.1, 0.15) is 11.1 Å². The Morgan fingerprint density at radius 1 is 1.38 bits per heavy atom. The van der Waals surface area contributed by atoms with Crippen LogP contribution in [0.1, 0.15) is 40.5 Å². The standard InChI is InChI=1S/C17H23ClFNO3S/c1-5-6-15(17(22)23-9-10(2)3)24-16-8-14(20-11(4)21)13(19)7-12(16)18/h7-8,10,15H,5-6,9H2,1-4H3,(H,20,21). The van der Waals surface area contributed by atoms with Crippen molar-refractivity contribution in [3.8, 4) is 0 Å². The van der Waals surface area contributed by atoms with E-state index in [4.69, 9.17) is 16.3 Å². The van der Waals surface area contributed by atoms with Gasteiger partial charge >= 0.3 is 5.97 Å². The number of hydrogen-bond acceptors (Lipinski definition) is 4. The third-order valence-electron chi connectivity index (χ3n) is 2.97. The molecule has 0 aromatic heterocycles. The summed E-state index contributed by atoms with van der Waals surface area (Å²) in [6, 6.07) is 2.58. The van der Waals surface area contributed by atoms with E-state index in [2.05, 4.69) is 5.32 Å². The van der Waals surface area contributed by atoms with E-state index in [1.165, 1.54) is 24.8 Å². The van der Waals surface area contributed by atoms with Crippen molar-refractivity contribution in [2.75, 3.05) is 11.9 Å². The van der Waals surface area contributed by atoms with Crippen molar-refractivity contribution in [2.45, 2.75) is 50.7 Å². The van der Waals surface area contributed by atoms with E-state index in [9.17, 15) is 14.0 Å². The molecule has 1 amide bonds. The Morgan fingerprint density at radius 3 is 2.58 bits per heavy atom. The minimum Gasteiger partial charge on any atom is -0.465 e. The molecule has 1 aromatic carbocycles. The molecule has 0 aliphatic carbocycles. The maximum absolute atomic E-state index is 13.8. The summed E-state index contributed by atoms with van der Waals surface area (Å²) in [6.45, 7) is 7.55. The van der Waals surface area contributed by atoms with Gasteiger partial charge in [-0.2, -0.15) is 0 Å². The molecule has 0 fully saturated rings. The van der Waals surface area contributed by atoms with Crippen molar-refractivity contribution < 1.29 is 18.7 Å². The molecule has 0 radical (unpaired) electrons. The first-order valence-electron chi connectivity index (χ1n) is 7.84. The van der Waals surface area contributed by atoms with Crippen LogP contribution in [-0.4, -0.2) is 23.7 Å². The molecule has 4 nitrogen and oxygen atoms in total. The Kier molecular flexibility index (Phi) is 8.56. The molecule has 1 N–H and O–H groups in total. The number of benzene rings is 1. The fraction of sp³-hybridized carbons (Fsp3) is 0.529. The maximum atomic E-state index is 13.8. The number of anilines is 1. The lowest BCUT2D eigenvalue weighted by molar-refractivity contribution is -0.144. The molecular formula is C17H23ClFNO3S. The Morgan fingerprint density at radius 2 is 2.04 bits per heavy atom. The number of ether oxygens (including phenoxy) is 1. The van der Waals surface area contributed by atoms with Gasteiger partial charge in [0, 0.05) is 11.8 Å². The summed E-state index contributed by atoms with van der Waals surface area (Å²) in [5.41, 5.74) is 0.0418. The highest BCUT2D eigenvalue weighted by Crippen LogP contribution is 2.36. The summed E-state index contributed by atoms with van der Waals surface area (Å²) in [7, 11) is 0. The van der Waals surface area contributed by atoms with Crippen LogP contribution in [0.25, 0.3) is 0 Å². The van der Waals surface area contributed by atoms with Gasteiger partial charge < -0.3 is 10.1 Å². The molecule has 7 heteroatoms. The molecule has 0 heterocycles. The normalized spacial score (nSPS) is 12.1. The largest absolute Gasteiger partial charge is 0.465 e. The van der Waals surface area contributed by atoms with Crippen molar-refractivity contribution in [3.63, 3.8) is 0 Å². The predicted octanol–water partition coefficient (Wildman–Crippen LogP) is 4.90. The molecule has 0 saturated carbocycles. The van der Waals surface area contributed by atoms with Crippen molar-refractivity contribution in [3.05, 3.63) is 23.0 Å². The second-order valence-corrected chi connectivity index (χ2v) is 7.51. The monoisotopic (exact) mass is 375 g/mol. The molecular weight excluding hydrogens is 353 g/mol. The summed E-state index contributed by atoms with van der Waals surface area (Å²) in [5, 5.41) is 2.18. The minimum absolute atomic E-state index is 0.0418. The first kappa shape index (κ1) is 20.8. The Bertz CT molecular complexity index is 595. The Balaban J connectivity index is 2.96. The van der Waals surface area contributed by atoms with E-state index < -0.39 is 11.1 Å². The van der Waals surface area contributed by atoms with E-state index in [0.717, 1.165) is 12.5 Å². The highest BCUT2D eigenvalue weighted by atomic mass is 35.5. The third kappa shape index (κ3) is 6.69. The zero-order valence-electron chi connectivity index (χ0n) is 14.3. The molecule has 1 rings (SSSR count). The van der Waals surface area contributed by atoms with Gasteiger partial charge in [-0.3, -0.25) is 9.59 Å². The molecule has 1 aromatic rings. The number of amides is 1. The first-order valence-corrected chi connectivity index (χ1v) is 9.10. The second kappa shape index (κ2) is 9.89. The predicted molar refractivity (Wildman–Crippen MR) is 96.1 cm³/mol. The molecule has 1 atom stereocenters. The van der Waals surface area contributed by atoms with Crippen LogP contribution in [0.4, 0.5) is 10.1 Å². The van der Waals surface area contributed by atoms with Crippen molar-refractivity contribution in [2.24, 2.45) is 5.92 Å². The molecule has 0 spiro atoms. The maximum Gasteiger partial charge on any atom is 0.319 e. The number of thioether (sulfide) groups is 1. The fourth-order valence-electron chi connectivity index (χ4n) is 1.89. The van der Waals surface area contributed by atoms with Crippen LogP contribution in [0.3, 0.4) is 0 Å². The quantitative estimate of drug-likeness (QED) is 0.518. The van der Waals surface area contributed by atoms with Crippen molar-refractivity contribution in [1.29, 1.82) is 0 Å². The van der Waals surface area contributed by atoms with Crippen LogP contribution in [0.2, 0.25) is 5.02 Å². The van der Waals surface area contributed by atoms with Gasteiger partial charge in [0.15, 0.2) is 0 Å². The summed E-state index contributed by atoms with van der Waals surface area (Å²) in [5.74, 6) is -1.05. The van der Waals surface area contributed by atoms with E-state index in [1.807, 2.05) is 20.8 Å². The lowest BCUT2D eigenvalue weighted by Crippen LogP contribution is -2.22. The van der Waals surface area contributed by atoms with Gasteiger partial charge in [-0.1, -0.05) is 38.8 Å². The third-order valence-corrected chi connectivity index (χ3v) is 4.70. The molecule has 0 bridgehead atoms. The van der Waals surface area contributed by atoms with Gasteiger partial charge in [0.25, 0.3) is 0 Å². The molecule has 0 saturated heterocycles. The fourth-order valence-corrected chi connectivity index (χ4v) is 3.35. The number of hydrogen-bond donors (Lipinski definition) is 1. The highest BCUT2D eigenvalue weighted by Gasteiger charge is 2.23. The van der Waals surface area contributed by atoms with Crippen LogP contribution < -0.4 is 5.32 Å². The van der Waals surface area contributed by atoms with Gasteiger partial charge in [0.2, 0.25) is 5.91 Å². The van der Waals surface area contributed by atoms with Crippen LogP contribution in [0, 0.1) is 11.7 Å². The number of esters is 1. The number of carbonyl (C=O) groups is 2. The molecule has 134 valence electrons. The van der Waals surface area contributed by atoms with Crippen LogP contribution in [0.15, 0.2) is 17.0 Å². The molecule has 0 aliphatic rings. The number of nitrogens with one attached hydrogen (secondary N) is 1. The lowest BCUT2D eigenvalue weighted by Gasteiger charge is -2.17. The van der Waals surface area contributed by atoms with Gasteiger partial charge in [-0.25, -0.2) is 4.39 Å². The average molecular weight is 376 g/mol. The van der Waals surface area contributed by atoms with E-state index in [0.29, 0.717) is 17.9 Å². The van der Waals surface area contributed by atoms with Crippen LogP contribution in [-0.2, 0) is 14.3 Å². The molecule has 24 heavy (non-hydrogen) atoms. The Hall–Kier alpha value is -1.27. The summed E-state index contributed by atoms with van der Waals surface area (Å²) in [4.78, 5) is 23.9. The number of rotatable bonds is 8. The zero-order valence-corrected chi connectivity index (χ0v) is 15.9. The van der Waals surface area contributed by atoms with Crippen LogP contribution >= 0.6 is 23.4 Å². The minimum atomic E-state index is -0.617. The summed E-state index contributed by atoms with van der Waals surface area (Å²) >= 11 is 7.31. The van der Waals surface area contributed by atoms with Crippen molar-refractivity contribution >= 4 is 40.9 Å². The number of carbonyl (C=O) groups excluding carboxylic acids is 2. The van der Waals surface area contributed by atoms with E-state index >= 15 is 0 Å². The SMILES string of the molecule is CCCC(Sc1cc(NC(C)=O)c(F)cc1Cl)C(=O)OCC(C)C.